The van der Waals surface area contributed by atoms with E-state index in [0.717, 1.165) is 12.1 Å². The van der Waals surface area contributed by atoms with Crippen molar-refractivity contribution in [2.45, 2.75) is 56.9 Å². The van der Waals surface area contributed by atoms with E-state index in [-0.39, 0.29) is 24.4 Å². The highest BCUT2D eigenvalue weighted by Crippen LogP contribution is 2.31. The highest BCUT2D eigenvalue weighted by atomic mass is 19.4. The maximum Gasteiger partial charge on any atom is 0.416 e. The minimum Gasteiger partial charge on any atom is -0.378 e. The lowest BCUT2D eigenvalue weighted by Gasteiger charge is -2.31. The van der Waals surface area contributed by atoms with Gasteiger partial charge in [-0.05, 0) is 55.5 Å². The molecule has 1 aliphatic carbocycles. The zero-order valence-corrected chi connectivity index (χ0v) is 24.7. The first-order valence-electron chi connectivity index (χ1n) is 15.1. The van der Waals surface area contributed by atoms with Crippen LogP contribution < -0.4 is 20.9 Å². The molecule has 4 aromatic rings. The van der Waals surface area contributed by atoms with E-state index in [1.807, 2.05) is 4.90 Å². The van der Waals surface area contributed by atoms with Gasteiger partial charge in [0.1, 0.15) is 11.6 Å². The summed E-state index contributed by atoms with van der Waals surface area (Å²) < 4.78 is 73.5. The highest BCUT2D eigenvalue weighted by molar-refractivity contribution is 5.78. The van der Waals surface area contributed by atoms with E-state index >= 15 is 0 Å². The lowest BCUT2D eigenvalue weighted by molar-refractivity contribution is -0.137. The number of para-hydroxylation sites is 2. The van der Waals surface area contributed by atoms with Crippen LogP contribution in [0, 0.1) is 0 Å². The van der Waals surface area contributed by atoms with E-state index in [4.69, 9.17) is 9.72 Å². The largest absolute Gasteiger partial charge is 0.416 e. The summed E-state index contributed by atoms with van der Waals surface area (Å²) in [6, 6.07) is 12.8. The predicted molar refractivity (Wildman–Crippen MR) is 161 cm³/mol. The van der Waals surface area contributed by atoms with Crippen molar-refractivity contribution in [2.75, 3.05) is 36.5 Å². The van der Waals surface area contributed by atoms with Gasteiger partial charge in [-0.1, -0.05) is 24.3 Å². The second-order valence-electron chi connectivity index (χ2n) is 11.3. The number of urea groups is 1. The van der Waals surface area contributed by atoms with Gasteiger partial charge in [0.05, 0.1) is 29.8 Å². The Morgan fingerprint density at radius 1 is 0.913 bits per heavy atom. The average molecular weight is 645 g/mol. The van der Waals surface area contributed by atoms with Gasteiger partial charge in [-0.15, -0.1) is 0 Å². The van der Waals surface area contributed by atoms with Crippen LogP contribution in [-0.2, 0) is 17.5 Å². The molecule has 2 aliphatic rings. The summed E-state index contributed by atoms with van der Waals surface area (Å²) in [5.74, 6) is 0.779. The summed E-state index contributed by atoms with van der Waals surface area (Å²) in [5, 5.41) is 9.02. The third-order valence-corrected chi connectivity index (χ3v) is 8.18. The Morgan fingerprint density at radius 2 is 1.59 bits per heavy atom. The van der Waals surface area contributed by atoms with E-state index in [0.29, 0.717) is 80.3 Å². The topological polar surface area (TPSA) is 109 Å². The SMILES string of the molecule is O=C(NCc1ccc(C(F)(F)F)cc1)N[C@H]1CC[C@H](Nc2nc(N3CCOCC3)cc(-n3c(C(F)F)nc4ccccc43)n2)CC1. The van der Waals surface area contributed by atoms with Crippen LogP contribution in [0.5, 0.6) is 0 Å². The van der Waals surface area contributed by atoms with Crippen molar-refractivity contribution < 1.29 is 31.5 Å². The molecule has 3 heterocycles. The molecule has 46 heavy (non-hydrogen) atoms. The molecule has 0 unspecified atom stereocenters. The normalized spacial score (nSPS) is 19.0. The second-order valence-corrected chi connectivity index (χ2v) is 11.3. The number of carbonyl (C=O) groups is 1. The van der Waals surface area contributed by atoms with Crippen LogP contribution in [-0.4, -0.2) is 63.9 Å². The maximum atomic E-state index is 14.2. The first-order chi connectivity index (χ1) is 22.1. The van der Waals surface area contributed by atoms with Gasteiger partial charge in [-0.2, -0.15) is 23.1 Å². The third-order valence-electron chi connectivity index (χ3n) is 8.18. The smallest absolute Gasteiger partial charge is 0.378 e. The lowest BCUT2D eigenvalue weighted by Crippen LogP contribution is -2.44. The number of amides is 2. The molecule has 0 spiro atoms. The number of aromatic nitrogens is 4. The van der Waals surface area contributed by atoms with Gasteiger partial charge >= 0.3 is 12.2 Å². The molecule has 1 aliphatic heterocycles. The van der Waals surface area contributed by atoms with Crippen molar-refractivity contribution in [3.8, 4) is 5.82 Å². The number of nitrogens with zero attached hydrogens (tertiary/aromatic N) is 5. The first-order valence-corrected chi connectivity index (χ1v) is 15.1. The fourth-order valence-electron chi connectivity index (χ4n) is 5.78. The van der Waals surface area contributed by atoms with Crippen LogP contribution >= 0.6 is 0 Å². The first kappa shape index (κ1) is 31.5. The molecule has 1 saturated heterocycles. The fraction of sp³-hybridized carbons (Fsp3) is 0.419. The molecule has 0 atom stereocenters. The molecule has 0 bridgehead atoms. The molecule has 244 valence electrons. The van der Waals surface area contributed by atoms with Gasteiger partial charge in [0.2, 0.25) is 5.95 Å². The van der Waals surface area contributed by atoms with Gasteiger partial charge in [-0.25, -0.2) is 18.6 Å². The number of nitrogens with one attached hydrogen (secondary N) is 3. The molecular weight excluding hydrogens is 611 g/mol. The number of carbonyl (C=O) groups excluding carboxylic acids is 1. The number of hydrogen-bond donors (Lipinski definition) is 3. The molecular formula is C31H33F5N8O2. The van der Waals surface area contributed by atoms with E-state index < -0.39 is 30.0 Å². The summed E-state index contributed by atoms with van der Waals surface area (Å²) in [4.78, 5) is 28.1. The van der Waals surface area contributed by atoms with Gasteiger partial charge in [0.15, 0.2) is 5.82 Å². The van der Waals surface area contributed by atoms with Gasteiger partial charge < -0.3 is 25.6 Å². The number of ether oxygens (including phenoxy) is 1. The number of alkyl halides is 5. The number of fused-ring (bicyclic) bond motifs is 1. The second kappa shape index (κ2) is 13.4. The molecule has 2 fully saturated rings. The van der Waals surface area contributed by atoms with Crippen LogP contribution in [0.15, 0.2) is 54.6 Å². The Balaban J connectivity index is 1.11. The van der Waals surface area contributed by atoms with Gasteiger partial charge in [0, 0.05) is 37.8 Å². The zero-order valence-electron chi connectivity index (χ0n) is 24.7. The van der Waals surface area contributed by atoms with Crippen LogP contribution in [0.2, 0.25) is 0 Å². The van der Waals surface area contributed by atoms with E-state index in [2.05, 4.69) is 25.9 Å². The van der Waals surface area contributed by atoms with Crippen LogP contribution in [0.3, 0.4) is 0 Å². The summed E-state index contributed by atoms with van der Waals surface area (Å²) >= 11 is 0. The van der Waals surface area contributed by atoms with Crippen molar-refractivity contribution in [3.63, 3.8) is 0 Å². The molecule has 1 saturated carbocycles. The van der Waals surface area contributed by atoms with Crippen molar-refractivity contribution in [1.82, 2.24) is 30.2 Å². The number of anilines is 2. The minimum atomic E-state index is -4.41. The number of rotatable bonds is 8. The van der Waals surface area contributed by atoms with Gasteiger partial charge in [0.25, 0.3) is 6.43 Å². The highest BCUT2D eigenvalue weighted by Gasteiger charge is 2.30. The predicted octanol–water partition coefficient (Wildman–Crippen LogP) is 5.83. The number of imidazole rings is 1. The molecule has 2 aromatic carbocycles. The third kappa shape index (κ3) is 7.30. The van der Waals surface area contributed by atoms with Crippen LogP contribution in [0.4, 0.5) is 38.5 Å². The maximum absolute atomic E-state index is 14.2. The van der Waals surface area contributed by atoms with E-state index in [9.17, 15) is 26.7 Å². The van der Waals surface area contributed by atoms with Crippen molar-refractivity contribution in [2.24, 2.45) is 0 Å². The summed E-state index contributed by atoms with van der Waals surface area (Å²) in [5.41, 5.74) is 0.763. The van der Waals surface area contributed by atoms with Crippen LogP contribution in [0.1, 0.15) is 49.1 Å². The molecule has 2 aromatic heterocycles. The lowest BCUT2D eigenvalue weighted by atomic mass is 9.91. The molecule has 10 nitrogen and oxygen atoms in total. The summed E-state index contributed by atoms with van der Waals surface area (Å²) in [6.45, 7) is 2.33. The molecule has 0 radical (unpaired) electrons. The Kier molecular flexibility index (Phi) is 9.20. The van der Waals surface area contributed by atoms with Crippen molar-refractivity contribution >= 4 is 28.8 Å². The summed E-state index contributed by atoms with van der Waals surface area (Å²) in [7, 11) is 0. The van der Waals surface area contributed by atoms with Crippen molar-refractivity contribution in [3.05, 3.63) is 71.5 Å². The number of benzene rings is 2. The zero-order chi connectivity index (χ0) is 32.3. The molecule has 6 rings (SSSR count). The average Bonchev–Trinajstić information content (AvgIpc) is 3.45. The fourth-order valence-corrected chi connectivity index (χ4v) is 5.78. The Bertz CT molecular complexity index is 1650. The molecule has 15 heteroatoms. The Morgan fingerprint density at radius 3 is 2.28 bits per heavy atom. The standard InChI is InChI=1S/C31H33F5N8O2/c32-27(33)28-40-23-3-1-2-4-24(23)44(28)26-17-25(43-13-15-46-16-14-43)41-29(42-26)38-21-9-11-22(12-10-21)39-30(45)37-18-19-5-7-20(8-6-19)31(34,35)36/h1-8,17,21-22,27H,9-16,18H2,(H2,37,39,45)(H,38,41,42)/t21-,22-. The number of hydrogen-bond acceptors (Lipinski definition) is 7. The molecule has 2 amide bonds. The quantitative estimate of drug-likeness (QED) is 0.207. The number of halogens is 5. The Hall–Kier alpha value is -4.53. The number of morpholine rings is 1. The molecule has 3 N–H and O–H groups in total. The van der Waals surface area contributed by atoms with E-state index in [1.54, 1.807) is 30.3 Å². The summed E-state index contributed by atoms with van der Waals surface area (Å²) in [6.07, 6.45) is -4.50. The minimum absolute atomic E-state index is 0.0184. The van der Waals surface area contributed by atoms with Gasteiger partial charge in [-0.3, -0.25) is 4.57 Å². The van der Waals surface area contributed by atoms with Crippen molar-refractivity contribution in [1.29, 1.82) is 0 Å². The van der Waals surface area contributed by atoms with Crippen LogP contribution in [0.25, 0.3) is 16.9 Å². The van der Waals surface area contributed by atoms with E-state index in [1.165, 1.54) is 16.7 Å². The Labute approximate surface area is 261 Å². The monoisotopic (exact) mass is 644 g/mol.